The fourth-order valence-electron chi connectivity index (χ4n) is 13.0. The van der Waals surface area contributed by atoms with Crippen LogP contribution in [0.25, 0.3) is 0 Å². The van der Waals surface area contributed by atoms with Gasteiger partial charge in [0.05, 0.1) is 36.1 Å². The summed E-state index contributed by atoms with van der Waals surface area (Å²) in [4.78, 5) is 36.6. The van der Waals surface area contributed by atoms with Crippen molar-refractivity contribution >= 4 is 17.9 Å². The van der Waals surface area contributed by atoms with Gasteiger partial charge in [0.15, 0.2) is 18.9 Å². The molecule has 19 atom stereocenters. The molecule has 4 aliphatic carbocycles. The zero-order valence-corrected chi connectivity index (χ0v) is 35.7. The molecule has 0 spiro atoms. The minimum Gasteiger partial charge on any atom is -0.459 e. The van der Waals surface area contributed by atoms with Crippen molar-refractivity contribution in [2.45, 2.75) is 199 Å². The summed E-state index contributed by atoms with van der Waals surface area (Å²) in [6, 6.07) is 0. The monoisotopic (exact) mass is 830 g/mol. The molecule has 4 heterocycles. The van der Waals surface area contributed by atoms with Crippen LogP contribution in [-0.4, -0.2) is 114 Å². The number of esters is 3. The standard InChI is InChI=1S/C45H66O14/c1-23-34(48)10-11-38(52-23)58-41-24(2)54-40(21-36(41)56-27(5)47)59-42-25(3)53-39(20-35(42)55-26(4)46)57-30-12-15-43(6)29(19-30)8-9-33-32(43)13-16-44(7)31(14-17-45(33,44)50)28-18-37(49)51-22-28/h10-11,18,23-25,29-36,38-42,48,50H,8-9,12-17,19-22H2,1-7H3/t23-,24-,25-,29-,30+,31-,32+,33-,34-,35+,36+,38+,39+,40+,41-,42-,43+,44-,45+/m1/s1. The summed E-state index contributed by atoms with van der Waals surface area (Å²) in [6.07, 6.45) is 6.61. The molecule has 8 rings (SSSR count). The normalized spacial score (nSPS) is 49.5. The Labute approximate surface area is 347 Å². The Morgan fingerprint density at radius 1 is 0.746 bits per heavy atom. The summed E-state index contributed by atoms with van der Waals surface area (Å²) in [5, 5.41) is 22.7. The van der Waals surface area contributed by atoms with Gasteiger partial charge >= 0.3 is 17.9 Å². The number of hydrogen-bond acceptors (Lipinski definition) is 14. The van der Waals surface area contributed by atoms with Crippen LogP contribution in [0.2, 0.25) is 0 Å². The van der Waals surface area contributed by atoms with Crippen molar-refractivity contribution < 1.29 is 67.2 Å². The number of cyclic esters (lactones) is 1. The zero-order chi connectivity index (χ0) is 42.0. The van der Waals surface area contributed by atoms with Gasteiger partial charge in [-0.3, -0.25) is 9.59 Å². The van der Waals surface area contributed by atoms with E-state index in [1.807, 2.05) is 13.8 Å². The molecule has 59 heavy (non-hydrogen) atoms. The molecule has 0 radical (unpaired) electrons. The van der Waals surface area contributed by atoms with Gasteiger partial charge in [-0.2, -0.15) is 0 Å². The molecule has 0 aromatic carbocycles. The molecule has 2 saturated heterocycles. The third-order valence-corrected chi connectivity index (χ3v) is 16.1. The van der Waals surface area contributed by atoms with Crippen molar-refractivity contribution in [2.24, 2.45) is 34.5 Å². The number of fused-ring (bicyclic) bond motifs is 5. The molecule has 6 fully saturated rings. The third-order valence-electron chi connectivity index (χ3n) is 16.1. The molecule has 0 bridgehead atoms. The van der Waals surface area contributed by atoms with Gasteiger partial charge in [-0.05, 0) is 119 Å². The Bertz CT molecular complexity index is 1650. The molecule has 0 amide bonds. The van der Waals surface area contributed by atoms with Crippen LogP contribution in [0.1, 0.15) is 119 Å². The predicted molar refractivity (Wildman–Crippen MR) is 209 cm³/mol. The molecule has 14 heteroatoms. The third kappa shape index (κ3) is 8.19. The van der Waals surface area contributed by atoms with Crippen LogP contribution < -0.4 is 0 Å². The zero-order valence-electron chi connectivity index (χ0n) is 35.7. The van der Waals surface area contributed by atoms with Crippen LogP contribution in [0.4, 0.5) is 0 Å². The number of aliphatic hydroxyl groups excluding tert-OH is 1. The molecular formula is C45H66O14. The highest BCUT2D eigenvalue weighted by Crippen LogP contribution is 2.70. The molecule has 14 nitrogen and oxygen atoms in total. The average molecular weight is 831 g/mol. The van der Waals surface area contributed by atoms with Gasteiger partial charge in [-0.15, -0.1) is 0 Å². The van der Waals surface area contributed by atoms with Crippen LogP contribution in [0.3, 0.4) is 0 Å². The lowest BCUT2D eigenvalue weighted by atomic mass is 9.43. The topological polar surface area (TPSA) is 175 Å². The van der Waals surface area contributed by atoms with Gasteiger partial charge in [-0.1, -0.05) is 19.9 Å². The maximum absolute atomic E-state index is 12.6. The van der Waals surface area contributed by atoms with Crippen molar-refractivity contribution in [2.75, 3.05) is 6.61 Å². The van der Waals surface area contributed by atoms with Crippen molar-refractivity contribution in [3.05, 3.63) is 23.8 Å². The lowest BCUT2D eigenvalue weighted by Gasteiger charge is -2.64. The smallest absolute Gasteiger partial charge is 0.331 e. The van der Waals surface area contributed by atoms with Crippen LogP contribution in [0.15, 0.2) is 23.8 Å². The predicted octanol–water partition coefficient (Wildman–Crippen LogP) is 5.19. The number of rotatable bonds is 9. The molecular weight excluding hydrogens is 764 g/mol. The minimum atomic E-state index is -0.820. The second-order valence-corrected chi connectivity index (χ2v) is 19.4. The van der Waals surface area contributed by atoms with Crippen molar-refractivity contribution in [1.29, 1.82) is 0 Å². The summed E-state index contributed by atoms with van der Waals surface area (Å²) in [5.41, 5.74) is 0.133. The number of carbonyl (C=O) groups is 3. The maximum atomic E-state index is 12.6. The summed E-state index contributed by atoms with van der Waals surface area (Å²) in [6.45, 7) is 13.2. The lowest BCUT2D eigenvalue weighted by Crippen LogP contribution is -2.62. The SMILES string of the molecule is CC(=O)O[C@H]1C[C@H](O[C@H]2[C@@H](OC(C)=O)C[C@H](O[C@H]3CC[C@@]4(C)[C@H](CC[C@@H]5[C@@H]4CC[C@]4(C)[C@@H](C6=CC(=O)OC6)CC[C@]54O)C3)O[C@@H]2C)O[C@H](C)[C@H]1O[C@H]1C=C[C@@H](O)[C@@H](C)O1. The van der Waals surface area contributed by atoms with Crippen LogP contribution in [0.5, 0.6) is 0 Å². The van der Waals surface area contributed by atoms with Crippen molar-refractivity contribution in [1.82, 2.24) is 0 Å². The average Bonchev–Trinajstić information content (AvgIpc) is 3.71. The Hall–Kier alpha value is -2.43. The lowest BCUT2D eigenvalue weighted by molar-refractivity contribution is -0.329. The summed E-state index contributed by atoms with van der Waals surface area (Å²) >= 11 is 0. The van der Waals surface area contributed by atoms with E-state index >= 15 is 0 Å². The van der Waals surface area contributed by atoms with Crippen molar-refractivity contribution in [3.63, 3.8) is 0 Å². The number of aliphatic hydroxyl groups is 2. The van der Waals surface area contributed by atoms with Crippen molar-refractivity contribution in [3.8, 4) is 0 Å². The van der Waals surface area contributed by atoms with E-state index in [0.29, 0.717) is 18.4 Å². The first-order valence-corrected chi connectivity index (χ1v) is 22.2. The van der Waals surface area contributed by atoms with Gasteiger partial charge in [-0.25, -0.2) is 4.79 Å². The number of hydrogen-bond donors (Lipinski definition) is 2. The summed E-state index contributed by atoms with van der Waals surface area (Å²) < 4.78 is 54.9. The van der Waals surface area contributed by atoms with Gasteiger partial charge in [0.1, 0.15) is 31.0 Å². The summed E-state index contributed by atoms with van der Waals surface area (Å²) in [7, 11) is 0. The fourth-order valence-corrected chi connectivity index (χ4v) is 13.0. The quantitative estimate of drug-likeness (QED) is 0.134. The number of carbonyl (C=O) groups excluding carboxylic acids is 3. The number of ether oxygens (including phenoxy) is 9. The van der Waals surface area contributed by atoms with Crippen LogP contribution >= 0.6 is 0 Å². The van der Waals surface area contributed by atoms with E-state index in [2.05, 4.69) is 13.8 Å². The Morgan fingerprint density at radius 2 is 1.41 bits per heavy atom. The van der Waals surface area contributed by atoms with Gasteiger partial charge in [0, 0.05) is 38.2 Å². The van der Waals surface area contributed by atoms with Crippen LogP contribution in [-0.2, 0) is 57.0 Å². The highest BCUT2D eigenvalue weighted by Gasteiger charge is 2.68. The Morgan fingerprint density at radius 3 is 2.03 bits per heavy atom. The highest BCUT2D eigenvalue weighted by molar-refractivity contribution is 5.85. The first-order valence-electron chi connectivity index (χ1n) is 22.2. The molecule has 8 aliphatic rings. The van der Waals surface area contributed by atoms with E-state index < -0.39 is 85.2 Å². The van der Waals surface area contributed by atoms with E-state index in [9.17, 15) is 24.6 Å². The molecule has 0 unspecified atom stereocenters. The molecule has 4 saturated carbocycles. The molecule has 0 aromatic rings. The second kappa shape index (κ2) is 16.7. The molecule has 330 valence electrons. The minimum absolute atomic E-state index is 0.0184. The van der Waals surface area contributed by atoms with Gasteiger partial charge in [0.25, 0.3) is 0 Å². The van der Waals surface area contributed by atoms with E-state index in [0.717, 1.165) is 63.4 Å². The maximum Gasteiger partial charge on any atom is 0.331 e. The Kier molecular flexibility index (Phi) is 12.2. The first-order chi connectivity index (χ1) is 28.0. The van der Waals surface area contributed by atoms with E-state index in [4.69, 9.17) is 42.6 Å². The van der Waals surface area contributed by atoms with Crippen LogP contribution in [0, 0.1) is 34.5 Å². The fraction of sp³-hybridized carbons (Fsp3) is 0.844. The molecule has 2 N–H and O–H groups in total. The second-order valence-electron chi connectivity index (χ2n) is 19.4. The van der Waals surface area contributed by atoms with Gasteiger partial charge in [0.2, 0.25) is 0 Å². The first kappa shape index (κ1) is 43.2. The van der Waals surface area contributed by atoms with Gasteiger partial charge < -0.3 is 52.8 Å². The Balaban J connectivity index is 0.886. The molecule has 4 aliphatic heterocycles. The largest absolute Gasteiger partial charge is 0.459 e. The summed E-state index contributed by atoms with van der Waals surface area (Å²) in [5.74, 6) is 0.116. The molecule has 0 aromatic heterocycles. The highest BCUT2D eigenvalue weighted by atomic mass is 16.7. The van der Waals surface area contributed by atoms with E-state index in [1.54, 1.807) is 25.2 Å². The van der Waals surface area contributed by atoms with E-state index in [-0.39, 0.29) is 47.6 Å². The van der Waals surface area contributed by atoms with E-state index in [1.165, 1.54) is 13.8 Å².